The molecule has 6 heteroatoms. The Bertz CT molecular complexity index is 292. The Kier molecular flexibility index (Phi) is 7.16. The number of carbonyl (C=O) groups excluding carboxylic acids is 2. The van der Waals surface area contributed by atoms with E-state index in [2.05, 4.69) is 4.74 Å². The van der Waals surface area contributed by atoms with Gasteiger partial charge in [0.15, 0.2) is 6.10 Å². The van der Waals surface area contributed by atoms with Crippen LogP contribution in [0, 0.1) is 0 Å². The van der Waals surface area contributed by atoms with Gasteiger partial charge < -0.3 is 19.7 Å². The van der Waals surface area contributed by atoms with E-state index in [1.54, 1.807) is 20.8 Å². The minimum absolute atomic E-state index is 0.256. The van der Waals surface area contributed by atoms with Crippen LogP contribution in [0.5, 0.6) is 0 Å². The first-order chi connectivity index (χ1) is 7.90. The van der Waals surface area contributed by atoms with Crippen molar-refractivity contribution in [2.75, 3.05) is 6.61 Å². The van der Waals surface area contributed by atoms with Crippen molar-refractivity contribution in [1.29, 1.82) is 0 Å². The Morgan fingerprint density at radius 2 is 1.88 bits per heavy atom. The van der Waals surface area contributed by atoms with Crippen molar-refractivity contribution >= 4 is 11.9 Å². The lowest BCUT2D eigenvalue weighted by molar-refractivity contribution is -0.192. The van der Waals surface area contributed by atoms with E-state index in [4.69, 9.17) is 14.9 Å². The van der Waals surface area contributed by atoms with Gasteiger partial charge in [0, 0.05) is 12.5 Å². The molecule has 0 aliphatic carbocycles. The highest BCUT2D eigenvalue weighted by Gasteiger charge is 2.21. The molecular weight excluding hydrogens is 228 g/mol. The van der Waals surface area contributed by atoms with Crippen molar-refractivity contribution in [3.05, 3.63) is 11.6 Å². The van der Waals surface area contributed by atoms with E-state index >= 15 is 0 Å². The lowest BCUT2D eigenvalue weighted by Gasteiger charge is -2.17. The lowest BCUT2D eigenvalue weighted by atomic mass is 10.3. The van der Waals surface area contributed by atoms with Gasteiger partial charge in [0.25, 0.3) is 0 Å². The molecule has 0 saturated carbocycles. The minimum atomic E-state index is -1.62. The van der Waals surface area contributed by atoms with Crippen molar-refractivity contribution in [2.24, 2.45) is 0 Å². The van der Waals surface area contributed by atoms with Crippen LogP contribution >= 0.6 is 0 Å². The lowest BCUT2D eigenvalue weighted by Crippen LogP contribution is -2.32. The summed E-state index contributed by atoms with van der Waals surface area (Å²) in [6.07, 6.45) is -1.16. The van der Waals surface area contributed by atoms with Crippen LogP contribution in [0.3, 0.4) is 0 Å². The summed E-state index contributed by atoms with van der Waals surface area (Å²) in [6.45, 7) is 4.36. The van der Waals surface area contributed by atoms with E-state index in [0.29, 0.717) is 0 Å². The summed E-state index contributed by atoms with van der Waals surface area (Å²) in [5, 5.41) is 17.5. The molecule has 2 N–H and O–H groups in total. The van der Waals surface area contributed by atoms with Crippen LogP contribution in [0.25, 0.3) is 0 Å². The molecule has 0 heterocycles. The first-order valence-corrected chi connectivity index (χ1v) is 5.25. The van der Waals surface area contributed by atoms with E-state index in [9.17, 15) is 9.59 Å². The normalized spacial score (nSPS) is 13.5. The Morgan fingerprint density at radius 3 is 2.29 bits per heavy atom. The highest BCUT2D eigenvalue weighted by atomic mass is 16.7. The van der Waals surface area contributed by atoms with Gasteiger partial charge in [-0.15, -0.1) is 0 Å². The van der Waals surface area contributed by atoms with Crippen molar-refractivity contribution in [3.8, 4) is 0 Å². The summed E-state index contributed by atoms with van der Waals surface area (Å²) < 4.78 is 9.51. The van der Waals surface area contributed by atoms with Gasteiger partial charge in [-0.3, -0.25) is 0 Å². The predicted molar refractivity (Wildman–Crippen MR) is 58.8 cm³/mol. The minimum Gasteiger partial charge on any atom is -0.423 e. The van der Waals surface area contributed by atoms with Crippen LogP contribution in [-0.4, -0.2) is 41.2 Å². The maximum absolute atomic E-state index is 11.2. The molecule has 2 atom stereocenters. The van der Waals surface area contributed by atoms with Crippen LogP contribution in [-0.2, 0) is 19.1 Å². The molecule has 0 spiro atoms. The van der Waals surface area contributed by atoms with Gasteiger partial charge in [0.05, 0.1) is 6.61 Å². The number of ether oxygens (including phenoxy) is 2. The fourth-order valence-electron chi connectivity index (χ4n) is 0.873. The second-order valence-electron chi connectivity index (χ2n) is 3.63. The maximum atomic E-state index is 11.2. The molecule has 17 heavy (non-hydrogen) atoms. The van der Waals surface area contributed by atoms with Crippen molar-refractivity contribution < 1.29 is 29.3 Å². The van der Waals surface area contributed by atoms with Crippen molar-refractivity contribution in [1.82, 2.24) is 0 Å². The largest absolute Gasteiger partial charge is 0.423 e. The van der Waals surface area contributed by atoms with Gasteiger partial charge in [-0.05, 0) is 13.8 Å². The SMILES string of the molecule is CCC(OC(=O)C=C(C)C)OC(=O)C(O)CO. The molecule has 0 saturated heterocycles. The number of esters is 2. The van der Waals surface area contributed by atoms with Gasteiger partial charge >= 0.3 is 11.9 Å². The molecule has 2 unspecified atom stereocenters. The quantitative estimate of drug-likeness (QED) is 0.393. The molecule has 0 aromatic heterocycles. The second kappa shape index (κ2) is 7.81. The smallest absolute Gasteiger partial charge is 0.340 e. The first kappa shape index (κ1) is 15.6. The molecule has 0 aliphatic rings. The average Bonchev–Trinajstić information content (AvgIpc) is 2.25. The number of aliphatic hydroxyl groups excluding tert-OH is 2. The Morgan fingerprint density at radius 1 is 1.29 bits per heavy atom. The summed E-state index contributed by atoms with van der Waals surface area (Å²) in [7, 11) is 0. The number of carbonyl (C=O) groups is 2. The molecule has 0 fully saturated rings. The summed E-state index contributed by atoms with van der Waals surface area (Å²) >= 11 is 0. The van der Waals surface area contributed by atoms with Gasteiger partial charge in [-0.25, -0.2) is 9.59 Å². The summed E-state index contributed by atoms with van der Waals surface area (Å²) in [4.78, 5) is 22.4. The molecule has 0 aromatic carbocycles. The molecule has 0 bridgehead atoms. The zero-order valence-corrected chi connectivity index (χ0v) is 10.2. The summed E-state index contributed by atoms with van der Waals surface area (Å²) in [5.74, 6) is -1.65. The van der Waals surface area contributed by atoms with Crippen molar-refractivity contribution in [3.63, 3.8) is 0 Å². The van der Waals surface area contributed by atoms with Crippen LogP contribution in [0.15, 0.2) is 11.6 Å². The zero-order valence-electron chi connectivity index (χ0n) is 10.2. The molecular formula is C11H18O6. The predicted octanol–water partition coefficient (Wildman–Crippen LogP) is 0.128. The van der Waals surface area contributed by atoms with E-state index in [0.717, 1.165) is 5.57 Å². The fraction of sp³-hybridized carbons (Fsp3) is 0.636. The van der Waals surface area contributed by atoms with Gasteiger partial charge in [0.1, 0.15) is 0 Å². The molecule has 6 nitrogen and oxygen atoms in total. The number of aliphatic hydroxyl groups is 2. The number of hydrogen-bond donors (Lipinski definition) is 2. The van der Waals surface area contributed by atoms with E-state index < -0.39 is 30.9 Å². The van der Waals surface area contributed by atoms with E-state index in [-0.39, 0.29) is 6.42 Å². The van der Waals surface area contributed by atoms with Crippen LogP contribution in [0.1, 0.15) is 27.2 Å². The third kappa shape index (κ3) is 6.70. The average molecular weight is 246 g/mol. The first-order valence-electron chi connectivity index (χ1n) is 5.25. The fourth-order valence-corrected chi connectivity index (χ4v) is 0.873. The molecule has 0 amide bonds. The van der Waals surface area contributed by atoms with Gasteiger partial charge in [0.2, 0.25) is 6.29 Å². The second-order valence-corrected chi connectivity index (χ2v) is 3.63. The van der Waals surface area contributed by atoms with Crippen LogP contribution in [0.2, 0.25) is 0 Å². The summed E-state index contributed by atoms with van der Waals surface area (Å²) in [6, 6.07) is 0. The maximum Gasteiger partial charge on any atom is 0.340 e. The molecule has 98 valence electrons. The molecule has 0 aliphatic heterocycles. The third-order valence-corrected chi connectivity index (χ3v) is 1.68. The highest BCUT2D eigenvalue weighted by molar-refractivity contribution is 5.83. The monoisotopic (exact) mass is 246 g/mol. The topological polar surface area (TPSA) is 93.1 Å². The Hall–Kier alpha value is -1.40. The molecule has 0 rings (SSSR count). The highest BCUT2D eigenvalue weighted by Crippen LogP contribution is 2.04. The Labute approximate surface area is 99.8 Å². The van der Waals surface area contributed by atoms with E-state index in [1.165, 1.54) is 6.08 Å². The van der Waals surface area contributed by atoms with Crippen molar-refractivity contribution in [2.45, 2.75) is 39.6 Å². The van der Waals surface area contributed by atoms with E-state index in [1.807, 2.05) is 0 Å². The molecule has 0 aromatic rings. The number of rotatable bonds is 6. The Balaban J connectivity index is 4.30. The summed E-state index contributed by atoms with van der Waals surface area (Å²) in [5.41, 5.74) is 0.756. The van der Waals surface area contributed by atoms with Gasteiger partial charge in [-0.2, -0.15) is 0 Å². The van der Waals surface area contributed by atoms with Gasteiger partial charge in [-0.1, -0.05) is 12.5 Å². The zero-order chi connectivity index (χ0) is 13.4. The third-order valence-electron chi connectivity index (χ3n) is 1.68. The molecule has 0 radical (unpaired) electrons. The standard InChI is InChI=1S/C11H18O6/c1-4-10(16-9(14)5-7(2)3)17-11(15)8(13)6-12/h5,8,10,12-13H,4,6H2,1-3H3. The van der Waals surface area contributed by atoms with Crippen LogP contribution in [0.4, 0.5) is 0 Å². The van der Waals surface area contributed by atoms with Crippen LogP contribution < -0.4 is 0 Å². The number of allylic oxidation sites excluding steroid dienone is 1. The number of hydrogen-bond acceptors (Lipinski definition) is 6.